The molecule has 0 fully saturated rings. The Balaban J connectivity index is 2.44. The first-order chi connectivity index (χ1) is 9.97. The molecule has 0 aliphatic carbocycles. The molecule has 2 rings (SSSR count). The number of rotatable bonds is 5. The van der Waals surface area contributed by atoms with Gasteiger partial charge in [-0.1, -0.05) is 12.1 Å². The second-order valence-corrected chi connectivity index (χ2v) is 4.37. The summed E-state index contributed by atoms with van der Waals surface area (Å²) in [4.78, 5) is 0. The molecule has 0 saturated heterocycles. The van der Waals surface area contributed by atoms with Gasteiger partial charge in [-0.2, -0.15) is 13.2 Å². The molecule has 1 aromatic heterocycles. The fraction of sp³-hybridized carbons (Fsp3) is 0.385. The maximum atomic E-state index is 12.8. The van der Waals surface area contributed by atoms with Gasteiger partial charge in [-0.3, -0.25) is 0 Å². The number of nitrogens with zero attached hydrogens (tertiary/aromatic N) is 3. The summed E-state index contributed by atoms with van der Waals surface area (Å²) in [5, 5.41) is 7.85. The predicted molar refractivity (Wildman–Crippen MR) is 70.2 cm³/mol. The van der Waals surface area contributed by atoms with Crippen LogP contribution >= 0.6 is 0 Å². The third-order valence-corrected chi connectivity index (χ3v) is 2.98. The summed E-state index contributed by atoms with van der Waals surface area (Å²) in [6, 6.07) is 4.97. The van der Waals surface area contributed by atoms with Gasteiger partial charge in [-0.05, 0) is 12.1 Å². The lowest BCUT2D eigenvalue weighted by Gasteiger charge is -2.11. The van der Waals surface area contributed by atoms with Crippen molar-refractivity contribution < 1.29 is 17.9 Å². The zero-order valence-electron chi connectivity index (χ0n) is 11.4. The minimum atomic E-state index is -4.40. The molecule has 0 unspecified atom stereocenters. The summed E-state index contributed by atoms with van der Waals surface area (Å²) in [5.74, 6) is 0.845. The summed E-state index contributed by atoms with van der Waals surface area (Å²) >= 11 is 0. The van der Waals surface area contributed by atoms with Crippen molar-refractivity contribution in [3.05, 3.63) is 35.7 Å². The molecule has 5 nitrogen and oxygen atoms in total. The number of nitrogens with two attached hydrogens (primary N) is 1. The molecule has 21 heavy (non-hydrogen) atoms. The van der Waals surface area contributed by atoms with Crippen LogP contribution in [0.2, 0.25) is 0 Å². The van der Waals surface area contributed by atoms with E-state index in [-0.39, 0.29) is 6.54 Å². The molecule has 0 amide bonds. The van der Waals surface area contributed by atoms with Crippen molar-refractivity contribution in [2.75, 3.05) is 13.7 Å². The quantitative estimate of drug-likeness (QED) is 0.918. The minimum absolute atomic E-state index is 0.148. The van der Waals surface area contributed by atoms with E-state index < -0.39 is 11.7 Å². The largest absolute Gasteiger partial charge is 0.416 e. The van der Waals surface area contributed by atoms with E-state index in [1.807, 2.05) is 0 Å². The lowest BCUT2D eigenvalue weighted by Crippen LogP contribution is -2.13. The third-order valence-electron chi connectivity index (χ3n) is 2.98. The molecule has 0 aliphatic rings. The van der Waals surface area contributed by atoms with E-state index in [0.29, 0.717) is 30.4 Å². The number of hydrogen-bond acceptors (Lipinski definition) is 4. The van der Waals surface area contributed by atoms with Crippen molar-refractivity contribution in [3.8, 4) is 11.4 Å². The van der Waals surface area contributed by atoms with Crippen LogP contribution in [0.5, 0.6) is 0 Å². The number of aromatic nitrogens is 3. The van der Waals surface area contributed by atoms with E-state index in [1.54, 1.807) is 10.6 Å². The summed E-state index contributed by atoms with van der Waals surface area (Å²) in [6.07, 6.45) is -4.40. The summed E-state index contributed by atoms with van der Waals surface area (Å²) < 4.78 is 45.0. The van der Waals surface area contributed by atoms with E-state index in [1.165, 1.54) is 13.2 Å². The second kappa shape index (κ2) is 6.23. The first-order valence-corrected chi connectivity index (χ1v) is 6.26. The molecule has 0 atom stereocenters. The Morgan fingerprint density at radius 3 is 2.67 bits per heavy atom. The highest BCUT2D eigenvalue weighted by molar-refractivity contribution is 5.57. The van der Waals surface area contributed by atoms with Crippen LogP contribution in [0.15, 0.2) is 24.3 Å². The van der Waals surface area contributed by atoms with E-state index >= 15 is 0 Å². The molecular formula is C13H15F3N4O. The minimum Gasteiger partial charge on any atom is -0.383 e. The number of methoxy groups -OCH3 is 1. The van der Waals surface area contributed by atoms with Crippen molar-refractivity contribution in [2.45, 2.75) is 19.3 Å². The topological polar surface area (TPSA) is 66.0 Å². The van der Waals surface area contributed by atoms with Gasteiger partial charge in [0.25, 0.3) is 0 Å². The number of ether oxygens (including phenoxy) is 1. The number of halogens is 3. The summed E-state index contributed by atoms with van der Waals surface area (Å²) in [5.41, 5.74) is 5.18. The molecule has 0 spiro atoms. The van der Waals surface area contributed by atoms with Crippen LogP contribution in [-0.2, 0) is 24.0 Å². The van der Waals surface area contributed by atoms with Gasteiger partial charge in [-0.15, -0.1) is 10.2 Å². The SMILES string of the molecule is COCCn1c(CN)nnc1-c1cccc(C(F)(F)F)c1. The van der Waals surface area contributed by atoms with E-state index in [0.717, 1.165) is 12.1 Å². The van der Waals surface area contributed by atoms with Crippen molar-refractivity contribution in [2.24, 2.45) is 5.73 Å². The lowest BCUT2D eigenvalue weighted by atomic mass is 10.1. The average Bonchev–Trinajstić information content (AvgIpc) is 2.87. The van der Waals surface area contributed by atoms with E-state index in [9.17, 15) is 13.2 Å². The van der Waals surface area contributed by atoms with Gasteiger partial charge in [0, 0.05) is 19.2 Å². The Kier molecular flexibility index (Phi) is 4.59. The van der Waals surface area contributed by atoms with Gasteiger partial charge in [0.15, 0.2) is 5.82 Å². The standard InChI is InChI=1S/C13H15F3N4O/c1-21-6-5-20-11(8-17)18-19-12(20)9-3-2-4-10(7-9)13(14,15)16/h2-4,7H,5-6,8,17H2,1H3. The van der Waals surface area contributed by atoms with Crippen LogP contribution in [0.25, 0.3) is 11.4 Å². The summed E-state index contributed by atoms with van der Waals surface area (Å²) in [6.45, 7) is 0.953. The smallest absolute Gasteiger partial charge is 0.383 e. The molecule has 114 valence electrons. The van der Waals surface area contributed by atoms with Crippen LogP contribution in [0.3, 0.4) is 0 Å². The van der Waals surface area contributed by atoms with E-state index in [2.05, 4.69) is 10.2 Å². The Labute approximate surface area is 119 Å². The number of hydrogen-bond donors (Lipinski definition) is 1. The van der Waals surface area contributed by atoms with Crippen molar-refractivity contribution >= 4 is 0 Å². The van der Waals surface area contributed by atoms with Crippen LogP contribution in [-0.4, -0.2) is 28.5 Å². The first kappa shape index (κ1) is 15.5. The molecule has 1 heterocycles. The predicted octanol–water partition coefficient (Wildman–Crippen LogP) is 2.07. The first-order valence-electron chi connectivity index (χ1n) is 6.26. The maximum Gasteiger partial charge on any atom is 0.416 e. The molecule has 0 bridgehead atoms. The number of alkyl halides is 3. The average molecular weight is 300 g/mol. The molecule has 1 aromatic carbocycles. The van der Waals surface area contributed by atoms with Gasteiger partial charge in [-0.25, -0.2) is 0 Å². The molecule has 2 N–H and O–H groups in total. The van der Waals surface area contributed by atoms with Crippen LogP contribution < -0.4 is 5.73 Å². The van der Waals surface area contributed by atoms with Crippen molar-refractivity contribution in [3.63, 3.8) is 0 Å². The zero-order valence-corrected chi connectivity index (χ0v) is 11.4. The molecule has 8 heteroatoms. The Bertz CT molecular complexity index is 610. The fourth-order valence-corrected chi connectivity index (χ4v) is 1.95. The van der Waals surface area contributed by atoms with Crippen LogP contribution in [0.1, 0.15) is 11.4 Å². The highest BCUT2D eigenvalue weighted by Gasteiger charge is 2.30. The van der Waals surface area contributed by atoms with Gasteiger partial charge in [0.1, 0.15) is 5.82 Å². The normalized spacial score (nSPS) is 11.9. The van der Waals surface area contributed by atoms with Gasteiger partial charge < -0.3 is 15.0 Å². The number of benzene rings is 1. The Morgan fingerprint density at radius 1 is 1.29 bits per heavy atom. The van der Waals surface area contributed by atoms with Crippen molar-refractivity contribution in [1.29, 1.82) is 0 Å². The Hall–Kier alpha value is -1.93. The van der Waals surface area contributed by atoms with Crippen LogP contribution in [0.4, 0.5) is 13.2 Å². The monoisotopic (exact) mass is 300 g/mol. The second-order valence-electron chi connectivity index (χ2n) is 4.37. The Morgan fingerprint density at radius 2 is 2.05 bits per heavy atom. The van der Waals surface area contributed by atoms with Gasteiger partial charge in [0.05, 0.1) is 18.7 Å². The fourth-order valence-electron chi connectivity index (χ4n) is 1.95. The maximum absolute atomic E-state index is 12.8. The zero-order chi connectivity index (χ0) is 15.5. The third kappa shape index (κ3) is 3.40. The van der Waals surface area contributed by atoms with Gasteiger partial charge in [0.2, 0.25) is 0 Å². The molecule has 0 saturated carbocycles. The van der Waals surface area contributed by atoms with Crippen molar-refractivity contribution in [1.82, 2.24) is 14.8 Å². The highest BCUT2D eigenvalue weighted by atomic mass is 19.4. The highest BCUT2D eigenvalue weighted by Crippen LogP contribution is 2.31. The van der Waals surface area contributed by atoms with Gasteiger partial charge >= 0.3 is 6.18 Å². The van der Waals surface area contributed by atoms with Crippen LogP contribution in [0, 0.1) is 0 Å². The van der Waals surface area contributed by atoms with E-state index in [4.69, 9.17) is 10.5 Å². The lowest BCUT2D eigenvalue weighted by molar-refractivity contribution is -0.137. The molecule has 2 aromatic rings. The molecule has 0 radical (unpaired) electrons. The molecule has 0 aliphatic heterocycles. The molecular weight excluding hydrogens is 285 g/mol. The summed E-state index contributed by atoms with van der Waals surface area (Å²) in [7, 11) is 1.54.